The van der Waals surface area contributed by atoms with Gasteiger partial charge in [0.1, 0.15) is 5.82 Å². The molecule has 1 aromatic carbocycles. The van der Waals surface area contributed by atoms with Crippen molar-refractivity contribution < 1.29 is 4.39 Å². The van der Waals surface area contributed by atoms with Crippen LogP contribution in [-0.4, -0.2) is 12.1 Å². The molecular weight excluding hydrogens is 201 g/mol. The van der Waals surface area contributed by atoms with E-state index in [4.69, 9.17) is 0 Å². The molecule has 1 nitrogen and oxygen atoms in total. The SMILES string of the molecule is CC(C)CC1(Cc2cccc(F)c2)CCN1. The van der Waals surface area contributed by atoms with Gasteiger partial charge in [-0.1, -0.05) is 26.0 Å². The third-order valence-corrected chi connectivity index (χ3v) is 3.33. The molecule has 0 radical (unpaired) electrons. The van der Waals surface area contributed by atoms with Crippen molar-refractivity contribution in [1.82, 2.24) is 5.32 Å². The summed E-state index contributed by atoms with van der Waals surface area (Å²) in [7, 11) is 0. The zero-order valence-corrected chi connectivity index (χ0v) is 10.1. The Labute approximate surface area is 97.1 Å². The molecule has 0 saturated carbocycles. The monoisotopic (exact) mass is 221 g/mol. The van der Waals surface area contributed by atoms with E-state index in [9.17, 15) is 4.39 Å². The van der Waals surface area contributed by atoms with Crippen molar-refractivity contribution in [1.29, 1.82) is 0 Å². The van der Waals surface area contributed by atoms with Gasteiger partial charge in [0.25, 0.3) is 0 Å². The number of rotatable bonds is 4. The van der Waals surface area contributed by atoms with Gasteiger partial charge < -0.3 is 5.32 Å². The summed E-state index contributed by atoms with van der Waals surface area (Å²) in [5.41, 5.74) is 1.33. The summed E-state index contributed by atoms with van der Waals surface area (Å²) in [6.45, 7) is 5.59. The molecule has 1 heterocycles. The summed E-state index contributed by atoms with van der Waals surface area (Å²) in [5.74, 6) is 0.554. The predicted octanol–water partition coefficient (Wildman–Crippen LogP) is 3.15. The van der Waals surface area contributed by atoms with Crippen LogP contribution >= 0.6 is 0 Å². The van der Waals surface area contributed by atoms with Gasteiger partial charge in [-0.25, -0.2) is 4.39 Å². The molecule has 16 heavy (non-hydrogen) atoms. The first-order valence-corrected chi connectivity index (χ1v) is 6.09. The lowest BCUT2D eigenvalue weighted by atomic mass is 9.76. The largest absolute Gasteiger partial charge is 0.311 e. The molecule has 0 amide bonds. The highest BCUT2D eigenvalue weighted by molar-refractivity contribution is 5.20. The van der Waals surface area contributed by atoms with Gasteiger partial charge in [0.2, 0.25) is 0 Å². The molecule has 0 spiro atoms. The average Bonchev–Trinajstić information content (AvgIpc) is 2.13. The van der Waals surface area contributed by atoms with Gasteiger partial charge in [-0.15, -0.1) is 0 Å². The smallest absolute Gasteiger partial charge is 0.123 e. The quantitative estimate of drug-likeness (QED) is 0.823. The molecule has 0 bridgehead atoms. The van der Waals surface area contributed by atoms with Crippen LogP contribution < -0.4 is 5.32 Å². The lowest BCUT2D eigenvalue weighted by molar-refractivity contribution is 0.168. The van der Waals surface area contributed by atoms with E-state index in [-0.39, 0.29) is 11.4 Å². The van der Waals surface area contributed by atoms with Gasteiger partial charge in [0.15, 0.2) is 0 Å². The van der Waals surface area contributed by atoms with E-state index in [0.717, 1.165) is 18.5 Å². The number of hydrogen-bond donors (Lipinski definition) is 1. The van der Waals surface area contributed by atoms with Gasteiger partial charge in [-0.05, 0) is 49.4 Å². The molecule has 1 aliphatic heterocycles. The lowest BCUT2D eigenvalue weighted by Gasteiger charge is -2.45. The van der Waals surface area contributed by atoms with Crippen molar-refractivity contribution in [2.75, 3.05) is 6.54 Å². The Morgan fingerprint density at radius 2 is 2.19 bits per heavy atom. The van der Waals surface area contributed by atoms with Crippen LogP contribution in [0.15, 0.2) is 24.3 Å². The first-order chi connectivity index (χ1) is 7.60. The molecule has 1 atom stereocenters. The Balaban J connectivity index is 2.06. The molecule has 1 fully saturated rings. The van der Waals surface area contributed by atoms with Gasteiger partial charge in [0, 0.05) is 5.54 Å². The summed E-state index contributed by atoms with van der Waals surface area (Å²) in [6.07, 6.45) is 3.33. The average molecular weight is 221 g/mol. The Morgan fingerprint density at radius 1 is 1.44 bits per heavy atom. The second kappa shape index (κ2) is 4.54. The standard InChI is InChI=1S/C14H20FN/c1-11(2)9-14(6-7-16-14)10-12-4-3-5-13(15)8-12/h3-5,8,11,16H,6-7,9-10H2,1-2H3. The Kier molecular flexibility index (Phi) is 3.29. The van der Waals surface area contributed by atoms with Crippen LogP contribution in [0.1, 0.15) is 32.3 Å². The van der Waals surface area contributed by atoms with Crippen molar-refractivity contribution in [3.63, 3.8) is 0 Å². The van der Waals surface area contributed by atoms with Crippen molar-refractivity contribution in [2.45, 2.75) is 38.6 Å². The maximum atomic E-state index is 13.1. The molecule has 1 aromatic rings. The fourth-order valence-electron chi connectivity index (χ4n) is 2.69. The van der Waals surface area contributed by atoms with Crippen LogP contribution in [0.2, 0.25) is 0 Å². The third kappa shape index (κ3) is 2.62. The van der Waals surface area contributed by atoms with E-state index in [1.807, 2.05) is 6.07 Å². The first-order valence-electron chi connectivity index (χ1n) is 6.09. The number of hydrogen-bond acceptors (Lipinski definition) is 1. The topological polar surface area (TPSA) is 12.0 Å². The second-order valence-electron chi connectivity index (χ2n) is 5.36. The van der Waals surface area contributed by atoms with Gasteiger partial charge >= 0.3 is 0 Å². The summed E-state index contributed by atoms with van der Waals surface area (Å²) in [5, 5.41) is 3.54. The molecule has 0 aliphatic carbocycles. The highest BCUT2D eigenvalue weighted by Crippen LogP contribution is 2.30. The van der Waals surface area contributed by atoms with E-state index in [2.05, 4.69) is 19.2 Å². The molecule has 1 N–H and O–H groups in total. The van der Waals surface area contributed by atoms with Gasteiger partial charge in [0.05, 0.1) is 0 Å². The van der Waals surface area contributed by atoms with Crippen molar-refractivity contribution in [3.8, 4) is 0 Å². The van der Waals surface area contributed by atoms with E-state index < -0.39 is 0 Å². The molecule has 2 rings (SSSR count). The Hall–Kier alpha value is -0.890. The van der Waals surface area contributed by atoms with E-state index >= 15 is 0 Å². The zero-order valence-electron chi connectivity index (χ0n) is 10.1. The molecule has 88 valence electrons. The highest BCUT2D eigenvalue weighted by Gasteiger charge is 2.36. The zero-order chi connectivity index (χ0) is 11.6. The fraction of sp³-hybridized carbons (Fsp3) is 0.571. The summed E-state index contributed by atoms with van der Waals surface area (Å²) >= 11 is 0. The second-order valence-corrected chi connectivity index (χ2v) is 5.36. The summed E-state index contributed by atoms with van der Waals surface area (Å²) in [6, 6.07) is 6.98. The van der Waals surface area contributed by atoms with Crippen LogP contribution in [0, 0.1) is 11.7 Å². The maximum Gasteiger partial charge on any atom is 0.123 e. The van der Waals surface area contributed by atoms with E-state index in [1.165, 1.54) is 18.9 Å². The number of benzene rings is 1. The highest BCUT2D eigenvalue weighted by atomic mass is 19.1. The van der Waals surface area contributed by atoms with Gasteiger partial charge in [-0.2, -0.15) is 0 Å². The van der Waals surface area contributed by atoms with Crippen molar-refractivity contribution in [2.24, 2.45) is 5.92 Å². The molecule has 1 saturated heterocycles. The van der Waals surface area contributed by atoms with Crippen LogP contribution in [0.4, 0.5) is 4.39 Å². The summed E-state index contributed by atoms with van der Waals surface area (Å²) < 4.78 is 13.1. The number of halogens is 1. The van der Waals surface area contributed by atoms with Crippen LogP contribution in [0.3, 0.4) is 0 Å². The fourth-order valence-corrected chi connectivity index (χ4v) is 2.69. The molecule has 2 heteroatoms. The lowest BCUT2D eigenvalue weighted by Crippen LogP contribution is -2.59. The normalized spacial score (nSPS) is 24.5. The minimum atomic E-state index is -0.128. The Morgan fingerprint density at radius 3 is 2.69 bits per heavy atom. The molecule has 1 aliphatic rings. The van der Waals surface area contributed by atoms with Crippen LogP contribution in [0.5, 0.6) is 0 Å². The number of nitrogens with one attached hydrogen (secondary N) is 1. The van der Waals surface area contributed by atoms with Gasteiger partial charge in [-0.3, -0.25) is 0 Å². The minimum absolute atomic E-state index is 0.128. The van der Waals surface area contributed by atoms with Crippen LogP contribution in [-0.2, 0) is 6.42 Å². The van der Waals surface area contributed by atoms with Crippen molar-refractivity contribution in [3.05, 3.63) is 35.6 Å². The van der Waals surface area contributed by atoms with E-state index in [0.29, 0.717) is 5.92 Å². The van der Waals surface area contributed by atoms with Crippen LogP contribution in [0.25, 0.3) is 0 Å². The first kappa shape index (κ1) is 11.6. The minimum Gasteiger partial charge on any atom is -0.311 e. The third-order valence-electron chi connectivity index (χ3n) is 3.33. The molecule has 1 unspecified atom stereocenters. The Bertz CT molecular complexity index is 356. The molecular formula is C14H20FN. The van der Waals surface area contributed by atoms with E-state index in [1.54, 1.807) is 12.1 Å². The van der Waals surface area contributed by atoms with Crippen molar-refractivity contribution >= 4 is 0 Å². The molecule has 0 aromatic heterocycles. The summed E-state index contributed by atoms with van der Waals surface area (Å²) in [4.78, 5) is 0. The predicted molar refractivity (Wildman–Crippen MR) is 64.9 cm³/mol. The maximum absolute atomic E-state index is 13.1.